The van der Waals surface area contributed by atoms with E-state index in [2.05, 4.69) is 5.32 Å². The first-order valence-electron chi connectivity index (χ1n) is 8.38. The number of hydrogen-bond acceptors (Lipinski definition) is 6. The van der Waals surface area contributed by atoms with Gasteiger partial charge in [-0.05, 0) is 55.8 Å². The summed E-state index contributed by atoms with van der Waals surface area (Å²) in [6, 6.07) is 12.3. The molecule has 27 heavy (non-hydrogen) atoms. The molecule has 0 unspecified atom stereocenters. The maximum Gasteiger partial charge on any atom is 0.338 e. The average molecular weight is 371 g/mol. The molecule has 0 saturated heterocycles. The van der Waals surface area contributed by atoms with E-state index in [9.17, 15) is 19.5 Å². The largest absolute Gasteiger partial charge is 0.508 e. The molecule has 0 fully saturated rings. The van der Waals surface area contributed by atoms with Gasteiger partial charge in [-0.1, -0.05) is 12.1 Å². The van der Waals surface area contributed by atoms with Crippen LogP contribution in [-0.4, -0.2) is 35.7 Å². The van der Waals surface area contributed by atoms with Crippen LogP contribution in [0, 0.1) is 0 Å². The van der Waals surface area contributed by atoms with E-state index in [1.807, 2.05) is 0 Å². The van der Waals surface area contributed by atoms with E-state index in [0.29, 0.717) is 16.8 Å². The van der Waals surface area contributed by atoms with Crippen LogP contribution in [0.2, 0.25) is 0 Å². The molecule has 7 nitrogen and oxygen atoms in total. The summed E-state index contributed by atoms with van der Waals surface area (Å²) in [5.74, 6) is -1.38. The number of anilines is 1. The van der Waals surface area contributed by atoms with Crippen molar-refractivity contribution in [2.75, 3.05) is 11.9 Å². The van der Waals surface area contributed by atoms with Gasteiger partial charge in [-0.3, -0.25) is 9.59 Å². The van der Waals surface area contributed by atoms with Crippen LogP contribution in [0.5, 0.6) is 5.75 Å². The number of benzene rings is 2. The highest BCUT2D eigenvalue weighted by Crippen LogP contribution is 2.12. The predicted molar refractivity (Wildman–Crippen MR) is 98.4 cm³/mol. The van der Waals surface area contributed by atoms with Crippen LogP contribution >= 0.6 is 0 Å². The number of rotatable bonds is 7. The van der Waals surface area contributed by atoms with Crippen LogP contribution in [0.1, 0.15) is 29.8 Å². The minimum absolute atomic E-state index is 0.000218. The van der Waals surface area contributed by atoms with Crippen LogP contribution in [0.15, 0.2) is 48.5 Å². The number of nitrogens with one attached hydrogen (secondary N) is 1. The van der Waals surface area contributed by atoms with Gasteiger partial charge >= 0.3 is 11.9 Å². The Morgan fingerprint density at radius 3 is 2.22 bits per heavy atom. The standard InChI is InChI=1S/C20H21NO6/c1-13(2)27-20(25)15-5-7-16(8-6-15)21-18(23)12-26-19(24)11-14-3-9-17(22)10-4-14/h3-10,13,22H,11-12H2,1-2H3,(H,21,23). The zero-order valence-electron chi connectivity index (χ0n) is 15.1. The Hall–Kier alpha value is -3.35. The molecule has 1 amide bonds. The van der Waals surface area contributed by atoms with Gasteiger partial charge in [0.2, 0.25) is 0 Å². The highest BCUT2D eigenvalue weighted by Gasteiger charge is 2.11. The van der Waals surface area contributed by atoms with Crippen molar-refractivity contribution in [3.63, 3.8) is 0 Å². The predicted octanol–water partition coefficient (Wildman–Crippen LogP) is 2.68. The van der Waals surface area contributed by atoms with E-state index in [1.165, 1.54) is 24.3 Å². The van der Waals surface area contributed by atoms with Crippen LogP contribution in [0.4, 0.5) is 5.69 Å². The Bertz CT molecular complexity index is 796. The van der Waals surface area contributed by atoms with Crippen LogP contribution < -0.4 is 5.32 Å². The molecule has 0 aliphatic rings. The molecule has 0 saturated carbocycles. The molecule has 0 aliphatic heterocycles. The molecule has 2 rings (SSSR count). The summed E-state index contributed by atoms with van der Waals surface area (Å²) >= 11 is 0. The van der Waals surface area contributed by atoms with Crippen molar-refractivity contribution in [3.05, 3.63) is 59.7 Å². The Morgan fingerprint density at radius 2 is 1.63 bits per heavy atom. The molecule has 2 aromatic rings. The highest BCUT2D eigenvalue weighted by atomic mass is 16.5. The number of ether oxygens (including phenoxy) is 2. The highest BCUT2D eigenvalue weighted by molar-refractivity contribution is 5.94. The number of hydrogen-bond donors (Lipinski definition) is 2. The third kappa shape index (κ3) is 6.81. The van der Waals surface area contributed by atoms with Gasteiger partial charge < -0.3 is 19.9 Å². The zero-order valence-corrected chi connectivity index (χ0v) is 15.1. The van der Waals surface area contributed by atoms with Crippen molar-refractivity contribution >= 4 is 23.5 Å². The summed E-state index contributed by atoms with van der Waals surface area (Å²) in [6.45, 7) is 3.10. The molecule has 0 atom stereocenters. The molecule has 0 aromatic heterocycles. The lowest BCUT2D eigenvalue weighted by molar-refractivity contribution is -0.146. The monoisotopic (exact) mass is 371 g/mol. The van der Waals surface area contributed by atoms with Crippen LogP contribution in [-0.2, 0) is 25.5 Å². The molecule has 2 aromatic carbocycles. The second-order valence-electron chi connectivity index (χ2n) is 6.08. The van der Waals surface area contributed by atoms with Gasteiger partial charge in [0, 0.05) is 5.69 Å². The van der Waals surface area contributed by atoms with E-state index in [1.54, 1.807) is 38.1 Å². The topological polar surface area (TPSA) is 102 Å². The van der Waals surface area contributed by atoms with Crippen LogP contribution in [0.25, 0.3) is 0 Å². The van der Waals surface area contributed by atoms with Crippen molar-refractivity contribution in [2.24, 2.45) is 0 Å². The summed E-state index contributed by atoms with van der Waals surface area (Å²) in [4.78, 5) is 35.4. The molecule has 2 N–H and O–H groups in total. The van der Waals surface area contributed by atoms with E-state index in [-0.39, 0.29) is 18.3 Å². The Balaban J connectivity index is 1.78. The fourth-order valence-corrected chi connectivity index (χ4v) is 2.15. The van der Waals surface area contributed by atoms with Gasteiger partial charge in [-0.2, -0.15) is 0 Å². The lowest BCUT2D eigenvalue weighted by atomic mass is 10.1. The number of carbonyl (C=O) groups is 3. The number of amides is 1. The molecule has 0 radical (unpaired) electrons. The summed E-state index contributed by atoms with van der Waals surface area (Å²) in [6.07, 6.45) is -0.214. The maximum absolute atomic E-state index is 11.9. The number of aromatic hydroxyl groups is 1. The molecule has 0 bridgehead atoms. The van der Waals surface area contributed by atoms with E-state index in [0.717, 1.165) is 0 Å². The second kappa shape index (κ2) is 9.38. The molecule has 7 heteroatoms. The van der Waals surface area contributed by atoms with Crippen LogP contribution in [0.3, 0.4) is 0 Å². The van der Waals surface area contributed by atoms with Crippen molar-refractivity contribution in [3.8, 4) is 5.75 Å². The van der Waals surface area contributed by atoms with Gasteiger partial charge in [0.1, 0.15) is 5.75 Å². The number of esters is 2. The third-order valence-electron chi connectivity index (χ3n) is 3.40. The lowest BCUT2D eigenvalue weighted by Gasteiger charge is -2.09. The number of phenols is 1. The summed E-state index contributed by atoms with van der Waals surface area (Å²) in [7, 11) is 0. The summed E-state index contributed by atoms with van der Waals surface area (Å²) < 4.78 is 10.0. The molecular formula is C20H21NO6. The van der Waals surface area contributed by atoms with Gasteiger partial charge in [0.05, 0.1) is 18.1 Å². The zero-order chi connectivity index (χ0) is 19.8. The fraction of sp³-hybridized carbons (Fsp3) is 0.250. The smallest absolute Gasteiger partial charge is 0.338 e. The van der Waals surface area contributed by atoms with Crippen molar-refractivity contribution in [1.29, 1.82) is 0 Å². The quantitative estimate of drug-likeness (QED) is 0.726. The Morgan fingerprint density at radius 1 is 1.00 bits per heavy atom. The van der Waals surface area contributed by atoms with E-state index < -0.39 is 24.5 Å². The fourth-order valence-electron chi connectivity index (χ4n) is 2.15. The summed E-state index contributed by atoms with van der Waals surface area (Å²) in [5.41, 5.74) is 1.51. The minimum atomic E-state index is -0.553. The number of phenolic OH excluding ortho intramolecular Hbond substituents is 1. The van der Waals surface area contributed by atoms with Crippen molar-refractivity contribution < 1.29 is 29.0 Å². The van der Waals surface area contributed by atoms with E-state index >= 15 is 0 Å². The van der Waals surface area contributed by atoms with Gasteiger partial charge in [0.25, 0.3) is 5.91 Å². The van der Waals surface area contributed by atoms with Crippen molar-refractivity contribution in [2.45, 2.75) is 26.4 Å². The molecule has 0 spiro atoms. The molecular weight excluding hydrogens is 350 g/mol. The minimum Gasteiger partial charge on any atom is -0.508 e. The number of carbonyl (C=O) groups excluding carboxylic acids is 3. The average Bonchev–Trinajstić information content (AvgIpc) is 2.62. The Kier molecular flexibility index (Phi) is 6.93. The van der Waals surface area contributed by atoms with Gasteiger partial charge in [-0.25, -0.2) is 4.79 Å². The third-order valence-corrected chi connectivity index (χ3v) is 3.40. The first-order valence-corrected chi connectivity index (χ1v) is 8.38. The summed E-state index contributed by atoms with van der Waals surface area (Å²) in [5, 5.41) is 11.8. The lowest BCUT2D eigenvalue weighted by Crippen LogP contribution is -2.21. The first kappa shape index (κ1) is 20.0. The van der Waals surface area contributed by atoms with E-state index in [4.69, 9.17) is 9.47 Å². The normalized spacial score (nSPS) is 10.3. The molecule has 0 aliphatic carbocycles. The Labute approximate surface area is 156 Å². The molecule has 142 valence electrons. The second-order valence-corrected chi connectivity index (χ2v) is 6.08. The first-order chi connectivity index (χ1) is 12.8. The SMILES string of the molecule is CC(C)OC(=O)c1ccc(NC(=O)COC(=O)Cc2ccc(O)cc2)cc1. The van der Waals surface area contributed by atoms with Gasteiger partial charge in [-0.15, -0.1) is 0 Å². The maximum atomic E-state index is 11.9. The van der Waals surface area contributed by atoms with Crippen molar-refractivity contribution in [1.82, 2.24) is 0 Å². The molecule has 0 heterocycles. The van der Waals surface area contributed by atoms with Gasteiger partial charge in [0.15, 0.2) is 6.61 Å².